The van der Waals surface area contributed by atoms with Crippen LogP contribution in [0.3, 0.4) is 0 Å². The van der Waals surface area contributed by atoms with Crippen molar-refractivity contribution in [3.63, 3.8) is 0 Å². The molecule has 2 rings (SSSR count). The number of hydrogen-bond donors (Lipinski definition) is 1. The Morgan fingerprint density at radius 1 is 1.03 bits per heavy atom. The Balaban J connectivity index is 2.13. The Kier molecular flexibility index (Phi) is 8.45. The summed E-state index contributed by atoms with van der Waals surface area (Å²) in [6, 6.07) is 9.26. The third kappa shape index (κ3) is 7.21. The average Bonchev–Trinajstić information content (AvgIpc) is 3.04. The van der Waals surface area contributed by atoms with E-state index in [1.54, 1.807) is 11.0 Å². The summed E-state index contributed by atoms with van der Waals surface area (Å²) < 4.78 is 15.4. The highest BCUT2D eigenvalue weighted by Gasteiger charge is 2.23. The van der Waals surface area contributed by atoms with Crippen LogP contribution in [-0.2, 0) is 18.4 Å². The highest BCUT2D eigenvalue weighted by molar-refractivity contribution is 5.92. The number of carbonyl (C=O) groups excluding carboxylic acids is 2. The van der Waals surface area contributed by atoms with E-state index < -0.39 is 11.8 Å². The van der Waals surface area contributed by atoms with Gasteiger partial charge < -0.3 is 19.7 Å². The first kappa shape index (κ1) is 23.4. The smallest absolute Gasteiger partial charge is 0.322 e. The number of nitrogens with one attached hydrogen (secondary N) is 1. The van der Waals surface area contributed by atoms with Crippen LogP contribution in [0.1, 0.15) is 33.4 Å². The third-order valence-corrected chi connectivity index (χ3v) is 4.62. The molecule has 30 heavy (non-hydrogen) atoms. The van der Waals surface area contributed by atoms with Crippen LogP contribution in [-0.4, -0.2) is 45.9 Å². The second-order valence-corrected chi connectivity index (χ2v) is 8.49. The van der Waals surface area contributed by atoms with E-state index in [1.165, 1.54) is 23.1 Å². The number of carbonyl (C=O) groups is 2. The Morgan fingerprint density at radius 3 is 2.27 bits per heavy atom. The van der Waals surface area contributed by atoms with E-state index in [0.29, 0.717) is 31.2 Å². The van der Waals surface area contributed by atoms with Gasteiger partial charge in [0.1, 0.15) is 12.4 Å². The first-order chi connectivity index (χ1) is 14.2. The number of aryl methyl sites for hydroxylation is 1. The lowest BCUT2D eigenvalue weighted by Gasteiger charge is -2.30. The SMILES string of the molecule is CC(C)CN(Cc1cccn1C)C(=O)CN(CC(C)C)C(=O)Nc1cccc(F)c1. The highest BCUT2D eigenvalue weighted by Crippen LogP contribution is 2.13. The molecule has 0 aliphatic rings. The molecule has 0 aliphatic carbocycles. The summed E-state index contributed by atoms with van der Waals surface area (Å²) in [5.41, 5.74) is 1.40. The molecule has 0 atom stereocenters. The molecule has 1 N–H and O–H groups in total. The van der Waals surface area contributed by atoms with Crippen molar-refractivity contribution in [3.8, 4) is 0 Å². The number of amides is 3. The van der Waals surface area contributed by atoms with Crippen molar-refractivity contribution in [1.82, 2.24) is 14.4 Å². The fraction of sp³-hybridized carbons (Fsp3) is 0.478. The lowest BCUT2D eigenvalue weighted by Crippen LogP contribution is -2.46. The lowest BCUT2D eigenvalue weighted by molar-refractivity contribution is -0.133. The zero-order valence-corrected chi connectivity index (χ0v) is 18.6. The zero-order valence-electron chi connectivity index (χ0n) is 18.6. The highest BCUT2D eigenvalue weighted by atomic mass is 19.1. The molecule has 7 heteroatoms. The molecule has 0 saturated heterocycles. The normalized spacial score (nSPS) is 11.1. The molecule has 0 bridgehead atoms. The van der Waals surface area contributed by atoms with Crippen molar-refractivity contribution in [1.29, 1.82) is 0 Å². The molecule has 1 heterocycles. The van der Waals surface area contributed by atoms with Gasteiger partial charge in [0.05, 0.1) is 6.54 Å². The number of benzene rings is 1. The molecule has 6 nitrogen and oxygen atoms in total. The summed E-state index contributed by atoms with van der Waals surface area (Å²) in [7, 11) is 1.95. The molecule has 0 aliphatic heterocycles. The van der Waals surface area contributed by atoms with Gasteiger partial charge in [0.15, 0.2) is 0 Å². The van der Waals surface area contributed by atoms with Crippen LogP contribution in [0.25, 0.3) is 0 Å². The first-order valence-electron chi connectivity index (χ1n) is 10.3. The maximum Gasteiger partial charge on any atom is 0.322 e. The van der Waals surface area contributed by atoms with Crippen LogP contribution in [0.4, 0.5) is 14.9 Å². The lowest BCUT2D eigenvalue weighted by atomic mass is 10.2. The van der Waals surface area contributed by atoms with Crippen LogP contribution in [0, 0.1) is 17.7 Å². The van der Waals surface area contributed by atoms with Crippen LogP contribution < -0.4 is 5.32 Å². The Morgan fingerprint density at radius 2 is 1.70 bits per heavy atom. The standard InChI is InChI=1S/C23H33FN4O2/c1-17(2)13-27(15-21-10-7-11-26(21)5)22(29)16-28(14-18(3)4)23(30)25-20-9-6-8-19(24)12-20/h6-12,17-18H,13-16H2,1-5H3,(H,25,30). The molecule has 1 aromatic heterocycles. The van der Waals surface area contributed by atoms with Gasteiger partial charge in [-0.3, -0.25) is 4.79 Å². The number of aromatic nitrogens is 1. The quantitative estimate of drug-likeness (QED) is 0.661. The van der Waals surface area contributed by atoms with Gasteiger partial charge in [0, 0.05) is 37.7 Å². The van der Waals surface area contributed by atoms with Crippen LogP contribution in [0.2, 0.25) is 0 Å². The zero-order chi connectivity index (χ0) is 22.3. The fourth-order valence-electron chi connectivity index (χ4n) is 3.24. The number of halogens is 1. The molecule has 2 aromatic rings. The number of anilines is 1. The van der Waals surface area contributed by atoms with E-state index in [2.05, 4.69) is 19.2 Å². The molecular weight excluding hydrogens is 383 g/mol. The van der Waals surface area contributed by atoms with Gasteiger partial charge in [-0.2, -0.15) is 0 Å². The van der Waals surface area contributed by atoms with E-state index in [-0.39, 0.29) is 18.4 Å². The van der Waals surface area contributed by atoms with Crippen molar-refractivity contribution in [3.05, 3.63) is 54.1 Å². The summed E-state index contributed by atoms with van der Waals surface area (Å²) in [6.45, 7) is 9.59. The van der Waals surface area contributed by atoms with E-state index >= 15 is 0 Å². The minimum absolute atomic E-state index is 0.0313. The van der Waals surface area contributed by atoms with Crippen molar-refractivity contribution in [2.75, 3.05) is 25.0 Å². The molecule has 0 fully saturated rings. The molecule has 1 aromatic carbocycles. The molecule has 0 saturated carbocycles. The number of hydrogen-bond acceptors (Lipinski definition) is 2. The van der Waals surface area contributed by atoms with Crippen LogP contribution in [0.5, 0.6) is 0 Å². The van der Waals surface area contributed by atoms with Gasteiger partial charge in [-0.05, 0) is 42.2 Å². The summed E-state index contributed by atoms with van der Waals surface area (Å²) in [4.78, 5) is 29.3. The maximum atomic E-state index is 13.5. The van der Waals surface area contributed by atoms with Crippen LogP contribution >= 0.6 is 0 Å². The van der Waals surface area contributed by atoms with Crippen LogP contribution in [0.15, 0.2) is 42.6 Å². The minimum Gasteiger partial charge on any atom is -0.353 e. The minimum atomic E-state index is -0.426. The molecule has 0 radical (unpaired) electrons. The summed E-state index contributed by atoms with van der Waals surface area (Å²) >= 11 is 0. The number of rotatable bonds is 9. The van der Waals surface area contributed by atoms with Gasteiger partial charge >= 0.3 is 6.03 Å². The fourth-order valence-corrected chi connectivity index (χ4v) is 3.24. The van der Waals surface area contributed by atoms with Crippen molar-refractivity contribution in [2.24, 2.45) is 18.9 Å². The topological polar surface area (TPSA) is 57.6 Å². The summed E-state index contributed by atoms with van der Waals surface area (Å²) in [6.07, 6.45) is 1.95. The van der Waals surface area contributed by atoms with Gasteiger partial charge in [0.25, 0.3) is 0 Å². The second kappa shape index (κ2) is 10.8. The van der Waals surface area contributed by atoms with E-state index in [4.69, 9.17) is 0 Å². The molecule has 3 amide bonds. The predicted octanol–water partition coefficient (Wildman–Crippen LogP) is 4.34. The Hall–Kier alpha value is -2.83. The maximum absolute atomic E-state index is 13.5. The molecule has 0 spiro atoms. The van der Waals surface area contributed by atoms with E-state index in [1.807, 2.05) is 43.8 Å². The van der Waals surface area contributed by atoms with Crippen molar-refractivity contribution < 1.29 is 14.0 Å². The molecular formula is C23H33FN4O2. The van der Waals surface area contributed by atoms with Gasteiger partial charge in [-0.15, -0.1) is 0 Å². The van der Waals surface area contributed by atoms with E-state index in [9.17, 15) is 14.0 Å². The number of nitrogens with zero attached hydrogens (tertiary/aromatic N) is 3. The Labute approximate surface area is 178 Å². The summed E-state index contributed by atoms with van der Waals surface area (Å²) in [5.74, 6) is -0.0544. The first-order valence-corrected chi connectivity index (χ1v) is 10.3. The van der Waals surface area contributed by atoms with E-state index in [0.717, 1.165) is 5.69 Å². The Bertz CT molecular complexity index is 847. The van der Waals surface area contributed by atoms with Gasteiger partial charge in [-0.25, -0.2) is 9.18 Å². The van der Waals surface area contributed by atoms with Gasteiger partial charge in [-0.1, -0.05) is 33.8 Å². The monoisotopic (exact) mass is 416 g/mol. The second-order valence-electron chi connectivity index (χ2n) is 8.49. The third-order valence-electron chi connectivity index (χ3n) is 4.62. The molecule has 164 valence electrons. The summed E-state index contributed by atoms with van der Waals surface area (Å²) in [5, 5.41) is 2.70. The average molecular weight is 417 g/mol. The van der Waals surface area contributed by atoms with Crippen molar-refractivity contribution in [2.45, 2.75) is 34.2 Å². The largest absolute Gasteiger partial charge is 0.353 e. The van der Waals surface area contributed by atoms with Gasteiger partial charge in [0.2, 0.25) is 5.91 Å². The molecule has 0 unspecified atom stereocenters. The van der Waals surface area contributed by atoms with Crippen molar-refractivity contribution >= 4 is 17.6 Å². The number of urea groups is 1. The predicted molar refractivity (Wildman–Crippen MR) is 117 cm³/mol.